The molecule has 0 aliphatic carbocycles. The SMILES string of the molecule is Cc1cnc(Nc2ccc(S(N)(=O)=O)cc2)nc1Nc1ccc(CCN)cc1. The summed E-state index contributed by atoms with van der Waals surface area (Å²) in [5.41, 5.74) is 9.20. The van der Waals surface area contributed by atoms with Crippen LogP contribution < -0.4 is 21.5 Å². The molecule has 0 atom stereocenters. The van der Waals surface area contributed by atoms with E-state index in [9.17, 15) is 8.42 Å². The molecule has 3 rings (SSSR count). The lowest BCUT2D eigenvalue weighted by Crippen LogP contribution is -2.11. The largest absolute Gasteiger partial charge is 0.340 e. The topological polar surface area (TPSA) is 136 Å². The first-order valence-corrected chi connectivity index (χ1v) is 10.2. The van der Waals surface area contributed by atoms with E-state index >= 15 is 0 Å². The van der Waals surface area contributed by atoms with Crippen molar-refractivity contribution in [1.82, 2.24) is 9.97 Å². The molecule has 1 aromatic heterocycles. The van der Waals surface area contributed by atoms with Crippen molar-refractivity contribution in [2.24, 2.45) is 10.9 Å². The van der Waals surface area contributed by atoms with E-state index in [4.69, 9.17) is 10.9 Å². The molecule has 0 bridgehead atoms. The quantitative estimate of drug-likeness (QED) is 0.480. The van der Waals surface area contributed by atoms with E-state index < -0.39 is 10.0 Å². The number of hydrogen-bond acceptors (Lipinski definition) is 7. The first-order valence-electron chi connectivity index (χ1n) is 8.65. The van der Waals surface area contributed by atoms with Crippen molar-refractivity contribution in [2.75, 3.05) is 17.2 Å². The number of rotatable bonds is 7. The highest BCUT2D eigenvalue weighted by atomic mass is 32.2. The highest BCUT2D eigenvalue weighted by Gasteiger charge is 2.08. The average molecular weight is 398 g/mol. The zero-order valence-corrected chi connectivity index (χ0v) is 16.2. The van der Waals surface area contributed by atoms with Crippen molar-refractivity contribution in [3.05, 3.63) is 65.9 Å². The molecule has 0 unspecified atom stereocenters. The Morgan fingerprint density at radius 2 is 1.57 bits per heavy atom. The van der Waals surface area contributed by atoms with E-state index in [2.05, 4.69) is 20.6 Å². The summed E-state index contributed by atoms with van der Waals surface area (Å²) in [7, 11) is -3.72. The van der Waals surface area contributed by atoms with Gasteiger partial charge in [0.2, 0.25) is 16.0 Å². The number of sulfonamides is 1. The lowest BCUT2D eigenvalue weighted by Gasteiger charge is -2.11. The molecule has 0 radical (unpaired) electrons. The highest BCUT2D eigenvalue weighted by Crippen LogP contribution is 2.22. The fourth-order valence-electron chi connectivity index (χ4n) is 2.54. The standard InChI is InChI=1S/C19H22N6O2S/c1-13-12-22-19(24-16-6-8-17(9-7-16)28(21,26)27)25-18(13)23-15-4-2-14(3-5-15)10-11-20/h2-9,12H,10-11,20H2,1H3,(H2,21,26,27)(H2,22,23,24,25). The van der Waals surface area contributed by atoms with E-state index in [1.165, 1.54) is 17.7 Å². The maximum Gasteiger partial charge on any atom is 0.238 e. The predicted octanol–water partition coefficient (Wildman–Crippen LogP) is 2.42. The molecule has 0 spiro atoms. The van der Waals surface area contributed by atoms with Gasteiger partial charge in [-0.2, -0.15) is 4.98 Å². The van der Waals surface area contributed by atoms with E-state index in [0.717, 1.165) is 17.7 Å². The molecule has 0 saturated carbocycles. The summed E-state index contributed by atoms with van der Waals surface area (Å²) in [4.78, 5) is 8.81. The van der Waals surface area contributed by atoms with Crippen LogP contribution in [0.5, 0.6) is 0 Å². The van der Waals surface area contributed by atoms with Crippen molar-refractivity contribution in [1.29, 1.82) is 0 Å². The number of anilines is 4. The number of primary sulfonamides is 1. The summed E-state index contributed by atoms with van der Waals surface area (Å²) in [5, 5.41) is 11.4. The Bertz CT molecular complexity index is 1050. The van der Waals surface area contributed by atoms with Gasteiger partial charge in [-0.25, -0.2) is 18.5 Å². The minimum Gasteiger partial charge on any atom is -0.340 e. The molecular weight excluding hydrogens is 376 g/mol. The van der Waals surface area contributed by atoms with Crippen LogP contribution in [-0.4, -0.2) is 24.9 Å². The zero-order chi connectivity index (χ0) is 20.1. The van der Waals surface area contributed by atoms with Crippen molar-refractivity contribution in [3.8, 4) is 0 Å². The third-order valence-electron chi connectivity index (χ3n) is 4.06. The van der Waals surface area contributed by atoms with Gasteiger partial charge >= 0.3 is 0 Å². The van der Waals surface area contributed by atoms with Gasteiger partial charge in [0.15, 0.2) is 0 Å². The maximum atomic E-state index is 11.3. The average Bonchev–Trinajstić information content (AvgIpc) is 2.66. The van der Waals surface area contributed by atoms with Gasteiger partial charge in [-0.05, 0) is 61.9 Å². The van der Waals surface area contributed by atoms with E-state index in [-0.39, 0.29) is 4.90 Å². The summed E-state index contributed by atoms with van der Waals surface area (Å²) >= 11 is 0. The molecule has 0 aliphatic rings. The Morgan fingerprint density at radius 3 is 2.18 bits per heavy atom. The zero-order valence-electron chi connectivity index (χ0n) is 15.4. The second kappa shape index (κ2) is 8.34. The monoisotopic (exact) mass is 398 g/mol. The fourth-order valence-corrected chi connectivity index (χ4v) is 3.06. The molecule has 6 N–H and O–H groups in total. The first-order chi connectivity index (χ1) is 13.3. The number of nitrogens with one attached hydrogen (secondary N) is 2. The molecule has 0 fully saturated rings. The predicted molar refractivity (Wildman–Crippen MR) is 110 cm³/mol. The van der Waals surface area contributed by atoms with E-state index in [0.29, 0.717) is 24.0 Å². The molecule has 9 heteroatoms. The Balaban J connectivity index is 1.75. The lowest BCUT2D eigenvalue weighted by atomic mass is 10.1. The Labute approximate surface area is 164 Å². The molecule has 8 nitrogen and oxygen atoms in total. The normalized spacial score (nSPS) is 11.2. The van der Waals surface area contributed by atoms with Crippen LogP contribution in [0.4, 0.5) is 23.1 Å². The van der Waals surface area contributed by atoms with Gasteiger partial charge in [0.05, 0.1) is 4.90 Å². The van der Waals surface area contributed by atoms with Crippen molar-refractivity contribution in [3.63, 3.8) is 0 Å². The van der Waals surface area contributed by atoms with Crippen LogP contribution in [-0.2, 0) is 16.4 Å². The van der Waals surface area contributed by atoms with Gasteiger partial charge in [0.25, 0.3) is 0 Å². The molecule has 28 heavy (non-hydrogen) atoms. The van der Waals surface area contributed by atoms with Gasteiger partial charge < -0.3 is 16.4 Å². The smallest absolute Gasteiger partial charge is 0.238 e. The molecule has 0 saturated heterocycles. The molecule has 146 valence electrons. The van der Waals surface area contributed by atoms with Crippen molar-refractivity contribution >= 4 is 33.2 Å². The highest BCUT2D eigenvalue weighted by molar-refractivity contribution is 7.89. The van der Waals surface area contributed by atoms with Crippen molar-refractivity contribution < 1.29 is 8.42 Å². The van der Waals surface area contributed by atoms with Crippen LogP contribution in [0.15, 0.2) is 59.6 Å². The number of aromatic nitrogens is 2. The molecule has 3 aromatic rings. The van der Waals surface area contributed by atoms with Gasteiger partial charge in [0.1, 0.15) is 5.82 Å². The molecule has 0 aliphatic heterocycles. The number of benzene rings is 2. The van der Waals surface area contributed by atoms with Gasteiger partial charge in [-0.1, -0.05) is 12.1 Å². The third kappa shape index (κ3) is 5.03. The summed E-state index contributed by atoms with van der Waals surface area (Å²) in [5.74, 6) is 1.06. The number of hydrogen-bond donors (Lipinski definition) is 4. The van der Waals surface area contributed by atoms with E-state index in [1.54, 1.807) is 18.3 Å². The van der Waals surface area contributed by atoms with Crippen LogP contribution in [0.2, 0.25) is 0 Å². The number of aryl methyl sites for hydroxylation is 1. The molecule has 0 amide bonds. The van der Waals surface area contributed by atoms with Gasteiger partial charge in [0, 0.05) is 23.1 Å². The minimum atomic E-state index is -3.72. The second-order valence-electron chi connectivity index (χ2n) is 6.28. The molecule has 2 aromatic carbocycles. The second-order valence-corrected chi connectivity index (χ2v) is 7.84. The van der Waals surface area contributed by atoms with Crippen molar-refractivity contribution in [2.45, 2.75) is 18.2 Å². The third-order valence-corrected chi connectivity index (χ3v) is 4.99. The van der Waals surface area contributed by atoms with Crippen LogP contribution in [0.1, 0.15) is 11.1 Å². The van der Waals surface area contributed by atoms with Crippen LogP contribution >= 0.6 is 0 Å². The Hall–Kier alpha value is -3.01. The Kier molecular flexibility index (Phi) is 5.88. The maximum absolute atomic E-state index is 11.3. The van der Waals surface area contributed by atoms with Crippen LogP contribution in [0.25, 0.3) is 0 Å². The Morgan fingerprint density at radius 1 is 0.964 bits per heavy atom. The minimum absolute atomic E-state index is 0.0447. The summed E-state index contributed by atoms with van der Waals surface area (Å²) in [6.07, 6.45) is 2.55. The summed E-state index contributed by atoms with van der Waals surface area (Å²) in [6, 6.07) is 14.1. The molecule has 1 heterocycles. The number of nitrogens with zero attached hydrogens (tertiary/aromatic N) is 2. The fraction of sp³-hybridized carbons (Fsp3) is 0.158. The number of nitrogens with two attached hydrogens (primary N) is 2. The van der Waals surface area contributed by atoms with Crippen LogP contribution in [0, 0.1) is 6.92 Å². The first kappa shape index (κ1) is 19.7. The summed E-state index contributed by atoms with van der Waals surface area (Å²) in [6.45, 7) is 2.53. The van der Waals surface area contributed by atoms with Crippen LogP contribution in [0.3, 0.4) is 0 Å². The molecular formula is C19H22N6O2S. The summed E-state index contributed by atoms with van der Waals surface area (Å²) < 4.78 is 22.7. The lowest BCUT2D eigenvalue weighted by molar-refractivity contribution is 0.598. The van der Waals surface area contributed by atoms with Gasteiger partial charge in [-0.15, -0.1) is 0 Å². The van der Waals surface area contributed by atoms with Gasteiger partial charge in [-0.3, -0.25) is 0 Å². The van der Waals surface area contributed by atoms with E-state index in [1.807, 2.05) is 31.2 Å².